The van der Waals surface area contributed by atoms with Crippen LogP contribution in [0, 0.1) is 0 Å². The Labute approximate surface area is 118 Å². The predicted octanol–water partition coefficient (Wildman–Crippen LogP) is -0.346. The van der Waals surface area contributed by atoms with E-state index in [0.717, 1.165) is 12.7 Å². The Hall–Kier alpha value is -1.51. The lowest BCUT2D eigenvalue weighted by Gasteiger charge is -2.06. The smallest absolute Gasteiger partial charge is 0.322 e. The van der Waals surface area contributed by atoms with E-state index < -0.39 is 21.7 Å². The van der Waals surface area contributed by atoms with Gasteiger partial charge in [0.1, 0.15) is 0 Å². The van der Waals surface area contributed by atoms with E-state index in [1.54, 1.807) is 12.4 Å². The molecule has 0 atom stereocenters. The van der Waals surface area contributed by atoms with Gasteiger partial charge in [-0.25, -0.2) is 13.1 Å². The van der Waals surface area contributed by atoms with Crippen LogP contribution in [0.4, 0.5) is 0 Å². The van der Waals surface area contributed by atoms with Crippen molar-refractivity contribution in [3.05, 3.63) is 30.1 Å². The van der Waals surface area contributed by atoms with Crippen molar-refractivity contribution in [2.75, 3.05) is 26.0 Å². The molecule has 0 radical (unpaired) electrons. The zero-order valence-electron chi connectivity index (χ0n) is 11.3. The summed E-state index contributed by atoms with van der Waals surface area (Å²) in [7, 11) is -2.44. The number of hydrogen-bond acceptors (Lipinski definition) is 6. The lowest BCUT2D eigenvalue weighted by molar-refractivity contribution is -0.137. The first-order valence-corrected chi connectivity index (χ1v) is 7.82. The highest BCUT2D eigenvalue weighted by atomic mass is 32.2. The Morgan fingerprint density at radius 2 is 2.20 bits per heavy atom. The van der Waals surface area contributed by atoms with Crippen molar-refractivity contribution in [2.24, 2.45) is 0 Å². The molecule has 1 aromatic rings. The van der Waals surface area contributed by atoms with Crippen molar-refractivity contribution >= 4 is 16.0 Å². The molecule has 20 heavy (non-hydrogen) atoms. The number of carbonyl (C=O) groups is 1. The Bertz CT molecular complexity index is 505. The molecule has 0 aromatic carbocycles. The van der Waals surface area contributed by atoms with Crippen LogP contribution in [-0.2, 0) is 26.1 Å². The van der Waals surface area contributed by atoms with Gasteiger partial charge >= 0.3 is 5.97 Å². The minimum atomic E-state index is -3.59. The average Bonchev–Trinajstić information content (AvgIpc) is 2.43. The fraction of sp³-hybridized carbons (Fsp3) is 0.500. The SMILES string of the molecule is COC(=O)CS(=O)(=O)NCCCNCc1cccnc1. The molecule has 8 heteroatoms. The van der Waals surface area contributed by atoms with Gasteiger partial charge in [-0.05, 0) is 24.6 Å². The van der Waals surface area contributed by atoms with Crippen LogP contribution in [0.2, 0.25) is 0 Å². The minimum absolute atomic E-state index is 0.277. The molecular formula is C12H19N3O4S. The van der Waals surface area contributed by atoms with Crippen molar-refractivity contribution in [1.29, 1.82) is 0 Å². The molecule has 7 nitrogen and oxygen atoms in total. The highest BCUT2D eigenvalue weighted by molar-refractivity contribution is 7.90. The van der Waals surface area contributed by atoms with Crippen molar-refractivity contribution in [3.8, 4) is 0 Å². The third-order valence-electron chi connectivity index (χ3n) is 2.44. The molecule has 0 aliphatic heterocycles. The maximum absolute atomic E-state index is 11.4. The van der Waals surface area contributed by atoms with Crippen LogP contribution in [0.1, 0.15) is 12.0 Å². The van der Waals surface area contributed by atoms with Crippen molar-refractivity contribution in [2.45, 2.75) is 13.0 Å². The van der Waals surface area contributed by atoms with E-state index in [1.807, 2.05) is 12.1 Å². The predicted molar refractivity (Wildman–Crippen MR) is 74.4 cm³/mol. The van der Waals surface area contributed by atoms with Gasteiger partial charge in [0.15, 0.2) is 5.75 Å². The van der Waals surface area contributed by atoms with E-state index in [0.29, 0.717) is 19.5 Å². The fourth-order valence-electron chi connectivity index (χ4n) is 1.44. The summed E-state index contributed by atoms with van der Waals surface area (Å²) in [5, 5.41) is 3.17. The second-order valence-corrected chi connectivity index (χ2v) is 5.93. The summed E-state index contributed by atoms with van der Waals surface area (Å²) in [5.41, 5.74) is 1.07. The van der Waals surface area contributed by atoms with Gasteiger partial charge in [-0.1, -0.05) is 6.07 Å². The second kappa shape index (κ2) is 8.62. The van der Waals surface area contributed by atoms with Gasteiger partial charge in [0.2, 0.25) is 10.0 Å². The molecule has 0 unspecified atom stereocenters. The van der Waals surface area contributed by atoms with Gasteiger partial charge in [-0.3, -0.25) is 9.78 Å². The van der Waals surface area contributed by atoms with E-state index in [4.69, 9.17) is 0 Å². The normalized spacial score (nSPS) is 11.2. The molecule has 0 saturated carbocycles. The Morgan fingerprint density at radius 3 is 2.85 bits per heavy atom. The first-order chi connectivity index (χ1) is 9.53. The number of methoxy groups -OCH3 is 1. The van der Waals surface area contributed by atoms with Crippen LogP contribution >= 0.6 is 0 Å². The molecule has 1 rings (SSSR count). The van der Waals surface area contributed by atoms with Crippen LogP contribution in [0.3, 0.4) is 0 Å². The number of carbonyl (C=O) groups excluding carboxylic acids is 1. The fourth-order valence-corrected chi connectivity index (χ4v) is 2.43. The summed E-state index contributed by atoms with van der Waals surface area (Å²) >= 11 is 0. The van der Waals surface area contributed by atoms with Gasteiger partial charge < -0.3 is 10.1 Å². The third kappa shape index (κ3) is 7.17. The average molecular weight is 301 g/mol. The Kier molecular flexibility index (Phi) is 7.13. The van der Waals surface area contributed by atoms with E-state index in [9.17, 15) is 13.2 Å². The Morgan fingerprint density at radius 1 is 1.40 bits per heavy atom. The number of esters is 1. The van der Waals surface area contributed by atoms with Crippen molar-refractivity contribution in [1.82, 2.24) is 15.0 Å². The lowest BCUT2D eigenvalue weighted by Crippen LogP contribution is -2.32. The molecule has 1 heterocycles. The van der Waals surface area contributed by atoms with Gasteiger partial charge in [-0.15, -0.1) is 0 Å². The van der Waals surface area contributed by atoms with Crippen LogP contribution in [0.5, 0.6) is 0 Å². The van der Waals surface area contributed by atoms with Crippen LogP contribution < -0.4 is 10.0 Å². The number of sulfonamides is 1. The van der Waals surface area contributed by atoms with E-state index in [1.165, 1.54) is 0 Å². The first-order valence-electron chi connectivity index (χ1n) is 6.17. The minimum Gasteiger partial charge on any atom is -0.468 e. The zero-order chi connectivity index (χ0) is 14.8. The number of hydrogen-bond donors (Lipinski definition) is 2. The quantitative estimate of drug-likeness (QED) is 0.478. The van der Waals surface area contributed by atoms with E-state index in [2.05, 4.69) is 19.8 Å². The molecule has 0 bridgehead atoms. The molecule has 0 amide bonds. The van der Waals surface area contributed by atoms with Crippen LogP contribution in [0.15, 0.2) is 24.5 Å². The van der Waals surface area contributed by atoms with E-state index in [-0.39, 0.29) is 6.54 Å². The monoisotopic (exact) mass is 301 g/mol. The van der Waals surface area contributed by atoms with Gasteiger partial charge in [0.05, 0.1) is 7.11 Å². The molecule has 0 aliphatic rings. The highest BCUT2D eigenvalue weighted by Crippen LogP contribution is 1.94. The number of rotatable bonds is 9. The van der Waals surface area contributed by atoms with Crippen LogP contribution in [0.25, 0.3) is 0 Å². The van der Waals surface area contributed by atoms with Gasteiger partial charge in [0, 0.05) is 25.5 Å². The molecule has 112 valence electrons. The van der Waals surface area contributed by atoms with Gasteiger partial charge in [-0.2, -0.15) is 0 Å². The Balaban J connectivity index is 2.11. The summed E-state index contributed by atoms with van der Waals surface area (Å²) in [6.07, 6.45) is 4.10. The van der Waals surface area contributed by atoms with Crippen molar-refractivity contribution in [3.63, 3.8) is 0 Å². The number of pyridine rings is 1. The highest BCUT2D eigenvalue weighted by Gasteiger charge is 2.15. The standard InChI is InChI=1S/C12H19N3O4S/c1-19-12(16)10-20(17,18)15-7-3-6-14-9-11-4-2-5-13-8-11/h2,4-5,8,14-15H,3,6-7,9-10H2,1H3. The molecule has 0 fully saturated rings. The molecule has 1 aromatic heterocycles. The summed E-state index contributed by atoms with van der Waals surface area (Å²) in [6.45, 7) is 1.62. The third-order valence-corrected chi connectivity index (χ3v) is 3.70. The number of nitrogens with zero attached hydrogens (tertiary/aromatic N) is 1. The largest absolute Gasteiger partial charge is 0.468 e. The maximum atomic E-state index is 11.4. The summed E-state index contributed by atoms with van der Waals surface area (Å²) < 4.78 is 29.5. The summed E-state index contributed by atoms with van der Waals surface area (Å²) in [4.78, 5) is 14.9. The lowest BCUT2D eigenvalue weighted by atomic mass is 10.3. The van der Waals surface area contributed by atoms with E-state index >= 15 is 0 Å². The second-order valence-electron chi connectivity index (χ2n) is 4.12. The zero-order valence-corrected chi connectivity index (χ0v) is 12.1. The molecular weight excluding hydrogens is 282 g/mol. The van der Waals surface area contributed by atoms with Gasteiger partial charge in [0.25, 0.3) is 0 Å². The molecule has 2 N–H and O–H groups in total. The number of aromatic nitrogens is 1. The number of nitrogens with one attached hydrogen (secondary N) is 2. The topological polar surface area (TPSA) is 97.4 Å². The van der Waals surface area contributed by atoms with Crippen LogP contribution in [-0.4, -0.2) is 45.3 Å². The summed E-state index contributed by atoms with van der Waals surface area (Å²) in [6, 6.07) is 3.82. The summed E-state index contributed by atoms with van der Waals surface area (Å²) in [5.74, 6) is -1.42. The number of ether oxygens (including phenoxy) is 1. The molecule has 0 spiro atoms. The molecule has 0 aliphatic carbocycles. The first kappa shape index (κ1) is 16.5. The maximum Gasteiger partial charge on any atom is 0.322 e. The molecule has 0 saturated heterocycles. The van der Waals surface area contributed by atoms with Crippen molar-refractivity contribution < 1.29 is 17.9 Å².